The number of carbonyl (C=O) groups excluding carboxylic acids is 1. The molecule has 26 heavy (non-hydrogen) atoms. The van der Waals surface area contributed by atoms with Gasteiger partial charge in [0.1, 0.15) is 5.76 Å². The van der Waals surface area contributed by atoms with Crippen LogP contribution < -0.4 is 0 Å². The zero-order chi connectivity index (χ0) is 18.7. The highest BCUT2D eigenvalue weighted by Crippen LogP contribution is 2.25. The average molecular weight is 355 g/mol. The predicted molar refractivity (Wildman–Crippen MR) is 102 cm³/mol. The Morgan fingerprint density at radius 1 is 1.15 bits per heavy atom. The molecule has 1 aromatic heterocycles. The van der Waals surface area contributed by atoms with Crippen molar-refractivity contribution in [1.29, 1.82) is 0 Å². The molecule has 0 spiro atoms. The van der Waals surface area contributed by atoms with E-state index in [2.05, 4.69) is 41.2 Å². The van der Waals surface area contributed by atoms with Crippen LogP contribution in [0.25, 0.3) is 0 Å². The number of rotatable bonds is 4. The van der Waals surface area contributed by atoms with Crippen LogP contribution in [0.2, 0.25) is 0 Å². The number of nitrogens with zero attached hydrogens (tertiary/aromatic N) is 3. The van der Waals surface area contributed by atoms with Gasteiger partial charge in [-0.2, -0.15) is 0 Å². The first-order chi connectivity index (χ1) is 12.5. The van der Waals surface area contributed by atoms with Crippen LogP contribution in [0.5, 0.6) is 0 Å². The van der Waals surface area contributed by atoms with E-state index < -0.39 is 0 Å². The van der Waals surface area contributed by atoms with Gasteiger partial charge in [-0.25, -0.2) is 0 Å². The molecule has 0 aliphatic carbocycles. The van der Waals surface area contributed by atoms with E-state index >= 15 is 0 Å². The quantitative estimate of drug-likeness (QED) is 0.843. The third-order valence-corrected chi connectivity index (χ3v) is 5.45. The topological polar surface area (TPSA) is 49.6 Å². The molecule has 0 saturated carbocycles. The summed E-state index contributed by atoms with van der Waals surface area (Å²) in [4.78, 5) is 17.5. The lowest BCUT2D eigenvalue weighted by Gasteiger charge is -2.25. The SMILES string of the molecule is Cc1ccccc1CN1CCCN(C(=O)[C@H](C)c2c(C)noc2C)CC1. The summed E-state index contributed by atoms with van der Waals surface area (Å²) in [6, 6.07) is 8.54. The van der Waals surface area contributed by atoms with E-state index in [1.165, 1.54) is 11.1 Å². The molecule has 2 heterocycles. The Morgan fingerprint density at radius 2 is 1.92 bits per heavy atom. The number of hydrogen-bond acceptors (Lipinski definition) is 4. The highest BCUT2D eigenvalue weighted by atomic mass is 16.5. The minimum atomic E-state index is -0.204. The van der Waals surface area contributed by atoms with Crippen LogP contribution in [-0.4, -0.2) is 47.0 Å². The molecule has 1 aromatic carbocycles. The molecule has 140 valence electrons. The van der Waals surface area contributed by atoms with E-state index in [4.69, 9.17) is 4.52 Å². The number of benzene rings is 1. The van der Waals surface area contributed by atoms with Gasteiger partial charge in [0.2, 0.25) is 5.91 Å². The Balaban J connectivity index is 1.63. The molecular weight excluding hydrogens is 326 g/mol. The average Bonchev–Trinajstić information content (AvgIpc) is 2.83. The summed E-state index contributed by atoms with van der Waals surface area (Å²) in [6.45, 7) is 12.4. The van der Waals surface area contributed by atoms with Crippen molar-refractivity contribution in [2.75, 3.05) is 26.2 Å². The van der Waals surface area contributed by atoms with Crippen molar-refractivity contribution in [2.24, 2.45) is 0 Å². The second-order valence-electron chi connectivity index (χ2n) is 7.34. The van der Waals surface area contributed by atoms with Crippen molar-refractivity contribution < 1.29 is 9.32 Å². The summed E-state index contributed by atoms with van der Waals surface area (Å²) in [5, 5.41) is 4.00. The minimum absolute atomic E-state index is 0.178. The van der Waals surface area contributed by atoms with Gasteiger partial charge in [0.25, 0.3) is 0 Å². The van der Waals surface area contributed by atoms with Crippen LogP contribution in [0, 0.1) is 20.8 Å². The van der Waals surface area contributed by atoms with Gasteiger partial charge in [-0.15, -0.1) is 0 Å². The van der Waals surface area contributed by atoms with E-state index in [1.54, 1.807) is 0 Å². The first-order valence-electron chi connectivity index (χ1n) is 9.45. The number of aryl methyl sites for hydroxylation is 3. The Hall–Kier alpha value is -2.14. The van der Waals surface area contributed by atoms with Crippen LogP contribution in [0.4, 0.5) is 0 Å². The van der Waals surface area contributed by atoms with Gasteiger partial charge in [-0.1, -0.05) is 29.4 Å². The molecule has 1 atom stereocenters. The summed E-state index contributed by atoms with van der Waals surface area (Å²) in [5.41, 5.74) is 4.46. The number of aromatic nitrogens is 1. The molecule has 1 amide bonds. The van der Waals surface area contributed by atoms with Gasteiger partial charge in [0.15, 0.2) is 0 Å². The largest absolute Gasteiger partial charge is 0.361 e. The summed E-state index contributed by atoms with van der Waals surface area (Å²) >= 11 is 0. The molecule has 1 aliphatic rings. The first kappa shape index (κ1) is 18.6. The fourth-order valence-electron chi connectivity index (χ4n) is 3.88. The Kier molecular flexibility index (Phi) is 5.77. The Labute approximate surface area is 156 Å². The van der Waals surface area contributed by atoms with Crippen LogP contribution in [0.3, 0.4) is 0 Å². The maximum absolute atomic E-state index is 13.0. The predicted octanol–water partition coefficient (Wildman–Crippen LogP) is 3.44. The maximum atomic E-state index is 13.0. The molecule has 1 aliphatic heterocycles. The fraction of sp³-hybridized carbons (Fsp3) is 0.524. The van der Waals surface area contributed by atoms with Crippen LogP contribution in [-0.2, 0) is 11.3 Å². The zero-order valence-electron chi connectivity index (χ0n) is 16.3. The first-order valence-corrected chi connectivity index (χ1v) is 9.45. The molecule has 5 nitrogen and oxygen atoms in total. The van der Waals surface area contributed by atoms with Crippen molar-refractivity contribution in [3.63, 3.8) is 0 Å². The standard InChI is InChI=1S/C21H29N3O2/c1-15-8-5-6-9-19(15)14-23-10-7-11-24(13-12-23)21(25)16(2)20-17(3)22-26-18(20)4/h5-6,8-9,16H,7,10-14H2,1-4H3/t16-/m1/s1. The van der Waals surface area contributed by atoms with E-state index in [-0.39, 0.29) is 11.8 Å². The molecule has 0 N–H and O–H groups in total. The lowest BCUT2D eigenvalue weighted by Crippen LogP contribution is -2.37. The molecule has 0 radical (unpaired) electrons. The van der Waals surface area contributed by atoms with E-state index in [1.807, 2.05) is 25.7 Å². The van der Waals surface area contributed by atoms with Gasteiger partial charge in [0.05, 0.1) is 11.6 Å². The number of amides is 1. The van der Waals surface area contributed by atoms with Gasteiger partial charge >= 0.3 is 0 Å². The second-order valence-corrected chi connectivity index (χ2v) is 7.34. The summed E-state index contributed by atoms with van der Waals surface area (Å²) < 4.78 is 5.24. The molecule has 0 bridgehead atoms. The van der Waals surface area contributed by atoms with Gasteiger partial charge < -0.3 is 9.42 Å². The third-order valence-electron chi connectivity index (χ3n) is 5.45. The van der Waals surface area contributed by atoms with Crippen molar-refractivity contribution in [3.8, 4) is 0 Å². The van der Waals surface area contributed by atoms with Gasteiger partial charge in [0, 0.05) is 38.3 Å². The van der Waals surface area contributed by atoms with Crippen LogP contribution >= 0.6 is 0 Å². The number of carbonyl (C=O) groups is 1. The lowest BCUT2D eigenvalue weighted by atomic mass is 9.98. The number of hydrogen-bond donors (Lipinski definition) is 0. The molecule has 3 rings (SSSR count). The smallest absolute Gasteiger partial charge is 0.230 e. The highest BCUT2D eigenvalue weighted by Gasteiger charge is 2.28. The van der Waals surface area contributed by atoms with Gasteiger partial charge in [-0.05, 0) is 45.2 Å². The highest BCUT2D eigenvalue weighted by molar-refractivity contribution is 5.83. The summed E-state index contributed by atoms with van der Waals surface area (Å²) in [5.74, 6) is 0.723. The normalized spacial score (nSPS) is 17.2. The minimum Gasteiger partial charge on any atom is -0.361 e. The Morgan fingerprint density at radius 3 is 2.62 bits per heavy atom. The van der Waals surface area contributed by atoms with Crippen molar-refractivity contribution in [2.45, 2.75) is 46.6 Å². The zero-order valence-corrected chi connectivity index (χ0v) is 16.3. The van der Waals surface area contributed by atoms with Crippen molar-refractivity contribution in [1.82, 2.24) is 15.0 Å². The third kappa shape index (κ3) is 3.98. The summed E-state index contributed by atoms with van der Waals surface area (Å²) in [7, 11) is 0. The Bertz CT molecular complexity index is 749. The van der Waals surface area contributed by atoms with E-state index in [9.17, 15) is 4.79 Å². The molecule has 1 fully saturated rings. The molecule has 2 aromatic rings. The van der Waals surface area contributed by atoms with E-state index in [0.717, 1.165) is 56.2 Å². The lowest BCUT2D eigenvalue weighted by molar-refractivity contribution is -0.132. The molecule has 0 unspecified atom stereocenters. The second kappa shape index (κ2) is 8.04. The monoisotopic (exact) mass is 355 g/mol. The fourth-order valence-corrected chi connectivity index (χ4v) is 3.88. The maximum Gasteiger partial charge on any atom is 0.230 e. The van der Waals surface area contributed by atoms with Crippen LogP contribution in [0.1, 0.15) is 47.4 Å². The van der Waals surface area contributed by atoms with E-state index in [0.29, 0.717) is 0 Å². The van der Waals surface area contributed by atoms with Gasteiger partial charge in [-0.3, -0.25) is 9.69 Å². The molecule has 5 heteroatoms. The molecule has 1 saturated heterocycles. The summed E-state index contributed by atoms with van der Waals surface area (Å²) in [6.07, 6.45) is 1.01. The van der Waals surface area contributed by atoms with Crippen molar-refractivity contribution in [3.05, 3.63) is 52.4 Å². The van der Waals surface area contributed by atoms with Crippen molar-refractivity contribution >= 4 is 5.91 Å². The van der Waals surface area contributed by atoms with Crippen LogP contribution in [0.15, 0.2) is 28.8 Å². The molecular formula is C21H29N3O2.